The zero-order chi connectivity index (χ0) is 16.3. The predicted octanol–water partition coefficient (Wildman–Crippen LogP) is 2.35. The maximum atomic E-state index is 12.2. The van der Waals surface area contributed by atoms with E-state index in [2.05, 4.69) is 25.6 Å². The van der Waals surface area contributed by atoms with Gasteiger partial charge in [0.25, 0.3) is 10.0 Å². The SMILES string of the molecule is COc1c(Br)ccc(NS(=O)(=O)c2ccccn2)c1C(=O)O. The average molecular weight is 387 g/mol. The standard InChI is InChI=1S/C13H11BrN2O5S/c1-21-12-8(14)5-6-9(11(12)13(17)18)16-22(19,20)10-4-2-3-7-15-10/h2-7,16H,1H3,(H,17,18). The number of aromatic nitrogens is 1. The molecule has 0 spiro atoms. The number of benzene rings is 1. The fourth-order valence-electron chi connectivity index (χ4n) is 1.76. The number of hydrogen-bond acceptors (Lipinski definition) is 5. The maximum absolute atomic E-state index is 12.2. The van der Waals surface area contributed by atoms with Gasteiger partial charge in [-0.1, -0.05) is 6.07 Å². The van der Waals surface area contributed by atoms with Crippen molar-refractivity contribution in [1.82, 2.24) is 4.98 Å². The van der Waals surface area contributed by atoms with Crippen molar-refractivity contribution in [3.63, 3.8) is 0 Å². The van der Waals surface area contributed by atoms with Gasteiger partial charge in [0, 0.05) is 6.20 Å². The van der Waals surface area contributed by atoms with Crippen molar-refractivity contribution in [2.24, 2.45) is 0 Å². The Bertz CT molecular complexity index is 809. The normalized spacial score (nSPS) is 11.0. The van der Waals surface area contributed by atoms with Gasteiger partial charge in [0.15, 0.2) is 5.03 Å². The van der Waals surface area contributed by atoms with Crippen LogP contribution in [-0.2, 0) is 10.0 Å². The first-order valence-corrected chi connectivity index (χ1v) is 8.18. The molecule has 1 heterocycles. The van der Waals surface area contributed by atoms with Gasteiger partial charge in [-0.15, -0.1) is 0 Å². The number of carboxylic acids is 1. The molecule has 116 valence electrons. The Morgan fingerprint density at radius 2 is 2.05 bits per heavy atom. The Hall–Kier alpha value is -2.13. The van der Waals surface area contributed by atoms with Crippen molar-refractivity contribution in [3.05, 3.63) is 46.6 Å². The number of carboxylic acid groups (broad SMARTS) is 1. The number of aromatic carboxylic acids is 1. The van der Waals surface area contributed by atoms with Crippen molar-refractivity contribution < 1.29 is 23.1 Å². The van der Waals surface area contributed by atoms with Crippen LogP contribution in [0, 0.1) is 0 Å². The average Bonchev–Trinajstić information content (AvgIpc) is 2.49. The zero-order valence-electron chi connectivity index (χ0n) is 11.3. The lowest BCUT2D eigenvalue weighted by molar-refractivity contribution is 0.0694. The van der Waals surface area contributed by atoms with Gasteiger partial charge in [0.05, 0.1) is 17.3 Å². The summed E-state index contributed by atoms with van der Waals surface area (Å²) in [5.74, 6) is -1.30. The topological polar surface area (TPSA) is 106 Å². The van der Waals surface area contributed by atoms with E-state index < -0.39 is 16.0 Å². The molecular formula is C13H11BrN2O5S. The van der Waals surface area contributed by atoms with Crippen molar-refractivity contribution >= 4 is 37.6 Å². The number of pyridine rings is 1. The highest BCUT2D eigenvalue weighted by Crippen LogP contribution is 2.35. The Kier molecular flexibility index (Phi) is 4.67. The minimum absolute atomic E-state index is 0.0220. The molecule has 0 radical (unpaired) electrons. The molecule has 1 aromatic heterocycles. The number of ether oxygens (including phenoxy) is 1. The van der Waals surface area contributed by atoms with Gasteiger partial charge < -0.3 is 9.84 Å². The van der Waals surface area contributed by atoms with Crippen LogP contribution in [0.25, 0.3) is 0 Å². The molecule has 0 aliphatic heterocycles. The Morgan fingerprint density at radius 3 is 2.59 bits per heavy atom. The molecule has 2 aromatic rings. The third kappa shape index (κ3) is 3.20. The smallest absolute Gasteiger partial charge is 0.341 e. The second-order valence-corrected chi connectivity index (χ2v) is 6.57. The van der Waals surface area contributed by atoms with Crippen molar-refractivity contribution in [3.8, 4) is 5.75 Å². The Morgan fingerprint density at radius 1 is 1.32 bits per heavy atom. The molecule has 7 nitrogen and oxygen atoms in total. The maximum Gasteiger partial charge on any atom is 0.341 e. The molecule has 0 bridgehead atoms. The van der Waals surface area contributed by atoms with E-state index >= 15 is 0 Å². The van der Waals surface area contributed by atoms with E-state index in [0.717, 1.165) is 0 Å². The lowest BCUT2D eigenvalue weighted by Gasteiger charge is -2.14. The minimum Gasteiger partial charge on any atom is -0.495 e. The van der Waals surface area contributed by atoms with E-state index in [1.807, 2.05) is 0 Å². The van der Waals surface area contributed by atoms with Crippen LogP contribution in [0.15, 0.2) is 46.0 Å². The summed E-state index contributed by atoms with van der Waals surface area (Å²) < 4.78 is 32.1. The van der Waals surface area contributed by atoms with Crippen LogP contribution >= 0.6 is 15.9 Å². The number of carbonyl (C=O) groups is 1. The molecule has 0 saturated heterocycles. The molecule has 0 saturated carbocycles. The summed E-state index contributed by atoms with van der Waals surface area (Å²) in [6.45, 7) is 0. The van der Waals surface area contributed by atoms with E-state index in [1.165, 1.54) is 37.6 Å². The number of nitrogens with one attached hydrogen (secondary N) is 1. The summed E-state index contributed by atoms with van der Waals surface area (Å²) >= 11 is 3.16. The molecule has 2 N–H and O–H groups in total. The molecule has 2 rings (SSSR count). The highest BCUT2D eigenvalue weighted by Gasteiger charge is 2.24. The van der Waals surface area contributed by atoms with Crippen molar-refractivity contribution in [1.29, 1.82) is 0 Å². The number of sulfonamides is 1. The third-order valence-corrected chi connectivity index (χ3v) is 4.59. The molecule has 0 unspecified atom stereocenters. The van der Waals surface area contributed by atoms with Gasteiger partial charge >= 0.3 is 5.97 Å². The van der Waals surface area contributed by atoms with E-state index in [0.29, 0.717) is 4.47 Å². The summed E-state index contributed by atoms with van der Waals surface area (Å²) in [7, 11) is -2.71. The molecule has 1 aromatic carbocycles. The molecule has 0 amide bonds. The Balaban J connectivity index is 2.53. The van der Waals surface area contributed by atoms with E-state index in [4.69, 9.17) is 4.74 Å². The van der Waals surface area contributed by atoms with Gasteiger partial charge in [0.2, 0.25) is 0 Å². The van der Waals surface area contributed by atoms with E-state index in [1.54, 1.807) is 6.07 Å². The number of hydrogen-bond donors (Lipinski definition) is 2. The Labute approximate surface area is 135 Å². The van der Waals surface area contributed by atoms with Crippen LogP contribution in [0.3, 0.4) is 0 Å². The van der Waals surface area contributed by atoms with Gasteiger partial charge in [0.1, 0.15) is 11.3 Å². The van der Waals surface area contributed by atoms with E-state index in [-0.39, 0.29) is 22.0 Å². The van der Waals surface area contributed by atoms with Crippen LogP contribution in [-0.4, -0.2) is 31.6 Å². The number of halogens is 1. The van der Waals surface area contributed by atoms with Crippen LogP contribution < -0.4 is 9.46 Å². The molecule has 0 aliphatic carbocycles. The fourth-order valence-corrected chi connectivity index (χ4v) is 3.27. The number of anilines is 1. The summed E-state index contributed by atoms with van der Waals surface area (Å²) in [5, 5.41) is 9.10. The largest absolute Gasteiger partial charge is 0.495 e. The van der Waals surface area contributed by atoms with Crippen LogP contribution in [0.4, 0.5) is 5.69 Å². The van der Waals surface area contributed by atoms with Gasteiger partial charge in [-0.3, -0.25) is 4.72 Å². The monoisotopic (exact) mass is 386 g/mol. The predicted molar refractivity (Wildman–Crippen MR) is 82.7 cm³/mol. The molecular weight excluding hydrogens is 376 g/mol. The molecule has 9 heteroatoms. The number of nitrogens with zero attached hydrogens (tertiary/aromatic N) is 1. The number of methoxy groups -OCH3 is 1. The van der Waals surface area contributed by atoms with E-state index in [9.17, 15) is 18.3 Å². The van der Waals surface area contributed by atoms with Crippen molar-refractivity contribution in [2.75, 3.05) is 11.8 Å². The number of rotatable bonds is 5. The first-order chi connectivity index (χ1) is 10.4. The first kappa shape index (κ1) is 16.2. The van der Waals surface area contributed by atoms with Gasteiger partial charge in [-0.05, 0) is 40.2 Å². The zero-order valence-corrected chi connectivity index (χ0v) is 13.7. The summed E-state index contributed by atoms with van der Waals surface area (Å²) in [6.07, 6.45) is 1.33. The minimum atomic E-state index is -4.00. The van der Waals surface area contributed by atoms with Crippen molar-refractivity contribution in [2.45, 2.75) is 5.03 Å². The summed E-state index contributed by atoms with van der Waals surface area (Å²) in [6, 6.07) is 7.21. The van der Waals surface area contributed by atoms with Gasteiger partial charge in [-0.25, -0.2) is 9.78 Å². The lowest BCUT2D eigenvalue weighted by atomic mass is 10.1. The molecule has 0 aliphatic rings. The van der Waals surface area contributed by atoms with Crippen LogP contribution in [0.2, 0.25) is 0 Å². The second kappa shape index (κ2) is 6.32. The van der Waals surface area contributed by atoms with Gasteiger partial charge in [-0.2, -0.15) is 8.42 Å². The summed E-state index contributed by atoms with van der Waals surface area (Å²) in [4.78, 5) is 15.2. The highest BCUT2D eigenvalue weighted by atomic mass is 79.9. The highest BCUT2D eigenvalue weighted by molar-refractivity contribution is 9.10. The second-order valence-electron chi connectivity index (χ2n) is 4.08. The molecule has 22 heavy (non-hydrogen) atoms. The third-order valence-electron chi connectivity index (χ3n) is 2.69. The quantitative estimate of drug-likeness (QED) is 0.816. The van der Waals surface area contributed by atoms with Crippen LogP contribution in [0.5, 0.6) is 5.75 Å². The lowest BCUT2D eigenvalue weighted by Crippen LogP contribution is -2.17. The fraction of sp³-hybridized carbons (Fsp3) is 0.0769. The first-order valence-electron chi connectivity index (χ1n) is 5.90. The van der Waals surface area contributed by atoms with Crippen LogP contribution in [0.1, 0.15) is 10.4 Å². The molecule has 0 fully saturated rings. The molecule has 0 atom stereocenters. The summed E-state index contributed by atoms with van der Waals surface area (Å²) in [5.41, 5.74) is -0.408.